The minimum atomic E-state index is -1.19. The Kier molecular flexibility index (Phi) is 9.42. The van der Waals surface area contributed by atoms with Crippen LogP contribution in [0, 0.1) is 11.3 Å². The lowest BCUT2D eigenvalue weighted by Crippen LogP contribution is -2.30. The van der Waals surface area contributed by atoms with Crippen LogP contribution in [0.1, 0.15) is 39.1 Å². The molecule has 0 fully saturated rings. The molecule has 1 aromatic heterocycles. The summed E-state index contributed by atoms with van der Waals surface area (Å²) in [5.41, 5.74) is -0.815. The molecule has 4 N–H and O–H groups in total. The molecule has 0 bridgehead atoms. The lowest BCUT2D eigenvalue weighted by molar-refractivity contribution is -0.161. The summed E-state index contributed by atoms with van der Waals surface area (Å²) in [5, 5.41) is 41.4. The first-order chi connectivity index (χ1) is 19.5. The van der Waals surface area contributed by atoms with E-state index in [1.165, 1.54) is 30.3 Å². The highest BCUT2D eigenvalue weighted by molar-refractivity contribution is 6.10. The van der Waals surface area contributed by atoms with E-state index in [1.807, 2.05) is 0 Å². The zero-order valence-corrected chi connectivity index (χ0v) is 21.3. The smallest absolute Gasteiger partial charge is 0.364 e. The van der Waals surface area contributed by atoms with Gasteiger partial charge in [0.15, 0.2) is 0 Å². The summed E-state index contributed by atoms with van der Waals surface area (Å²) in [7, 11) is 1.14. The Morgan fingerprint density at radius 3 is 2.17 bits per heavy atom. The molecular weight excluding hydrogens is 540 g/mol. The first kappa shape index (κ1) is 29.5. The fourth-order valence-corrected chi connectivity index (χ4v) is 3.22. The number of hydrogen-bond donors (Lipinski definition) is 4. The molecule has 14 nitrogen and oxygen atoms in total. The number of aldehydes is 1. The van der Waals surface area contributed by atoms with Crippen LogP contribution in [0.5, 0.6) is 17.5 Å². The van der Waals surface area contributed by atoms with E-state index >= 15 is 0 Å². The van der Waals surface area contributed by atoms with E-state index in [1.54, 1.807) is 6.07 Å². The van der Waals surface area contributed by atoms with Gasteiger partial charge in [-0.3, -0.25) is 9.59 Å². The van der Waals surface area contributed by atoms with Crippen molar-refractivity contribution >= 4 is 41.8 Å². The predicted octanol–water partition coefficient (Wildman–Crippen LogP) is 1.93. The van der Waals surface area contributed by atoms with Crippen LogP contribution in [0.4, 0.5) is 5.69 Å². The number of hydroxylamine groups is 2. The molecule has 2 amide bonds. The summed E-state index contributed by atoms with van der Waals surface area (Å²) >= 11 is 0. The summed E-state index contributed by atoms with van der Waals surface area (Å²) in [5.74, 6) is -5.19. The third-order valence-corrected chi connectivity index (χ3v) is 5.25. The van der Waals surface area contributed by atoms with E-state index in [-0.39, 0.29) is 41.0 Å². The van der Waals surface area contributed by atoms with Gasteiger partial charge in [-0.2, -0.15) is 10.3 Å². The summed E-state index contributed by atoms with van der Waals surface area (Å²) in [4.78, 5) is 71.0. The quantitative estimate of drug-likeness (QED) is 0.128. The Morgan fingerprint density at radius 1 is 0.976 bits per heavy atom. The van der Waals surface area contributed by atoms with Gasteiger partial charge in [-0.1, -0.05) is 12.1 Å². The van der Waals surface area contributed by atoms with Crippen molar-refractivity contribution in [1.29, 1.82) is 5.26 Å². The lowest BCUT2D eigenvalue weighted by Gasteiger charge is -2.16. The maximum Gasteiger partial charge on any atom is 0.364 e. The highest BCUT2D eigenvalue weighted by atomic mass is 16.7. The number of amides is 2. The number of nitriles is 1. The Hall–Kier alpha value is -6.10. The molecule has 0 atom stereocenters. The van der Waals surface area contributed by atoms with Crippen molar-refractivity contribution < 1.29 is 49.0 Å². The van der Waals surface area contributed by atoms with Crippen LogP contribution >= 0.6 is 0 Å². The fraction of sp³-hybridized carbons (Fsp3) is 0.111. The first-order valence-corrected chi connectivity index (χ1v) is 11.6. The SMILES string of the molecule is CN(OC(=O)c1cc(NC(=O)C(C#N)=Cc2ccc(O)cc2)cc(C(=O)On2c(O)ccc2O)c1)C(=O)CCC=O. The molecule has 0 saturated heterocycles. The molecule has 0 aliphatic heterocycles. The largest absolute Gasteiger partial charge is 0.508 e. The fourth-order valence-electron chi connectivity index (χ4n) is 3.22. The molecule has 3 aromatic rings. The third-order valence-electron chi connectivity index (χ3n) is 5.25. The number of nitrogens with zero attached hydrogens (tertiary/aromatic N) is 3. The zero-order valence-electron chi connectivity index (χ0n) is 21.3. The number of carbonyl (C=O) groups excluding carboxylic acids is 5. The molecule has 0 spiro atoms. The number of aromatic nitrogens is 1. The van der Waals surface area contributed by atoms with Gasteiger partial charge in [0.05, 0.1) is 11.1 Å². The molecule has 0 aliphatic rings. The average molecular weight is 562 g/mol. The topological polar surface area (TPSA) is 208 Å². The van der Waals surface area contributed by atoms with Gasteiger partial charge >= 0.3 is 11.9 Å². The minimum absolute atomic E-state index is 0.0224. The van der Waals surface area contributed by atoms with Gasteiger partial charge in [0.25, 0.3) is 11.8 Å². The number of aromatic hydroxyl groups is 3. The molecule has 41 heavy (non-hydrogen) atoms. The monoisotopic (exact) mass is 562 g/mol. The molecule has 2 aromatic carbocycles. The van der Waals surface area contributed by atoms with Crippen molar-refractivity contribution in [2.24, 2.45) is 0 Å². The van der Waals surface area contributed by atoms with Gasteiger partial charge in [0, 0.05) is 37.7 Å². The second-order valence-corrected chi connectivity index (χ2v) is 8.21. The summed E-state index contributed by atoms with van der Waals surface area (Å²) < 4.78 is 0.402. The Balaban J connectivity index is 1.93. The van der Waals surface area contributed by atoms with Gasteiger partial charge in [0.1, 0.15) is 23.7 Å². The van der Waals surface area contributed by atoms with Gasteiger partial charge < -0.3 is 35.1 Å². The number of anilines is 1. The number of nitrogens with one attached hydrogen (secondary N) is 1. The van der Waals surface area contributed by atoms with Crippen LogP contribution in [0.3, 0.4) is 0 Å². The predicted molar refractivity (Wildman–Crippen MR) is 139 cm³/mol. The van der Waals surface area contributed by atoms with E-state index in [9.17, 15) is 44.6 Å². The summed E-state index contributed by atoms with van der Waals surface area (Å²) in [6, 6.07) is 12.6. The Labute approximate surface area is 231 Å². The van der Waals surface area contributed by atoms with E-state index < -0.39 is 35.5 Å². The van der Waals surface area contributed by atoms with Crippen molar-refractivity contribution in [1.82, 2.24) is 9.79 Å². The number of rotatable bonds is 9. The summed E-state index contributed by atoms with van der Waals surface area (Å²) in [6.45, 7) is 0. The zero-order chi connectivity index (χ0) is 30.1. The second kappa shape index (κ2) is 13.1. The second-order valence-electron chi connectivity index (χ2n) is 8.21. The van der Waals surface area contributed by atoms with E-state index in [0.717, 1.165) is 37.4 Å². The number of benzene rings is 2. The molecular formula is C27H22N4O10. The van der Waals surface area contributed by atoms with Crippen molar-refractivity contribution in [2.45, 2.75) is 12.8 Å². The van der Waals surface area contributed by atoms with Crippen molar-refractivity contribution in [2.75, 3.05) is 12.4 Å². The number of hydrogen-bond acceptors (Lipinski definition) is 11. The third kappa shape index (κ3) is 7.71. The van der Waals surface area contributed by atoms with Crippen molar-refractivity contribution in [3.05, 3.63) is 76.9 Å². The van der Waals surface area contributed by atoms with Crippen LogP contribution in [0.15, 0.2) is 60.2 Å². The van der Waals surface area contributed by atoms with Gasteiger partial charge in [-0.15, -0.1) is 4.73 Å². The van der Waals surface area contributed by atoms with E-state index in [2.05, 4.69) is 5.32 Å². The lowest BCUT2D eigenvalue weighted by atomic mass is 10.1. The number of carbonyl (C=O) groups is 5. The summed E-state index contributed by atoms with van der Waals surface area (Å²) in [6.07, 6.45) is 1.43. The Morgan fingerprint density at radius 2 is 1.59 bits per heavy atom. The van der Waals surface area contributed by atoms with Crippen LogP contribution < -0.4 is 10.2 Å². The molecule has 210 valence electrons. The normalized spacial score (nSPS) is 10.7. The molecule has 0 radical (unpaired) electrons. The van der Waals surface area contributed by atoms with Crippen LogP contribution in [-0.4, -0.2) is 62.2 Å². The molecule has 1 heterocycles. The van der Waals surface area contributed by atoms with Gasteiger partial charge in [0.2, 0.25) is 11.8 Å². The average Bonchev–Trinajstić information content (AvgIpc) is 3.27. The molecule has 14 heteroatoms. The van der Waals surface area contributed by atoms with Gasteiger partial charge in [-0.05, 0) is 42.0 Å². The number of phenols is 1. The van der Waals surface area contributed by atoms with E-state index in [0.29, 0.717) is 21.6 Å². The standard InChI is InChI=1S/C27H22N4O10/c1-30(22(34)3-2-10-32)40-26(38)17-12-18(27(39)41-31-23(35)8-9-24(31)36)14-20(13-17)29-25(37)19(15-28)11-16-4-6-21(33)7-5-16/h4-14,33,35-36H,2-3H2,1H3,(H,29,37). The molecule has 3 rings (SSSR count). The van der Waals surface area contributed by atoms with Crippen LogP contribution in [0.25, 0.3) is 6.08 Å². The van der Waals surface area contributed by atoms with Crippen LogP contribution in [-0.2, 0) is 19.2 Å². The highest BCUT2D eigenvalue weighted by Gasteiger charge is 2.22. The van der Waals surface area contributed by atoms with Crippen molar-refractivity contribution in [3.8, 4) is 23.6 Å². The van der Waals surface area contributed by atoms with Gasteiger partial charge in [-0.25, -0.2) is 9.59 Å². The minimum Gasteiger partial charge on any atom is -0.508 e. The molecule has 0 unspecified atom stereocenters. The van der Waals surface area contributed by atoms with E-state index in [4.69, 9.17) is 9.68 Å². The maximum absolute atomic E-state index is 12.9. The highest BCUT2D eigenvalue weighted by Crippen LogP contribution is 2.22. The molecule has 0 saturated carbocycles. The van der Waals surface area contributed by atoms with Crippen molar-refractivity contribution in [3.63, 3.8) is 0 Å². The van der Waals surface area contributed by atoms with Crippen LogP contribution in [0.2, 0.25) is 0 Å². The molecule has 0 aliphatic carbocycles. The Bertz CT molecular complexity index is 1550. The number of phenolic OH excluding ortho intramolecular Hbond substituents is 1. The maximum atomic E-state index is 12.9. The first-order valence-electron chi connectivity index (χ1n) is 11.6.